The minimum atomic E-state index is -3.78. The van der Waals surface area contributed by atoms with Crippen LogP contribution in [0.1, 0.15) is 11.3 Å². The van der Waals surface area contributed by atoms with Gasteiger partial charge < -0.3 is 14.8 Å². The number of nitrogens with one attached hydrogen (secondary N) is 1. The second-order valence-electron chi connectivity index (χ2n) is 4.36. The Hall–Kier alpha value is -1.83. The first-order chi connectivity index (χ1) is 9.45. The number of primary sulfonamides is 1. The summed E-state index contributed by atoms with van der Waals surface area (Å²) in [5.41, 5.74) is 1.10. The standard InChI is InChI=1S/C13H16N2O4S/c14-20(17,18)13-6-5-12(19-13)9-15-8-7-10-1-3-11(16)4-2-10/h1-6,15-16H,7-9H2,(H2,14,17,18). The second-order valence-corrected chi connectivity index (χ2v) is 5.85. The topological polar surface area (TPSA) is 106 Å². The summed E-state index contributed by atoms with van der Waals surface area (Å²) in [6.45, 7) is 1.13. The van der Waals surface area contributed by atoms with Gasteiger partial charge in [0.1, 0.15) is 11.5 Å². The van der Waals surface area contributed by atoms with Crippen LogP contribution in [-0.4, -0.2) is 20.1 Å². The minimum Gasteiger partial charge on any atom is -0.508 e. The normalized spacial score (nSPS) is 11.7. The van der Waals surface area contributed by atoms with E-state index in [4.69, 9.17) is 14.7 Å². The monoisotopic (exact) mass is 296 g/mol. The molecule has 0 spiro atoms. The van der Waals surface area contributed by atoms with Gasteiger partial charge >= 0.3 is 0 Å². The lowest BCUT2D eigenvalue weighted by Gasteiger charge is -2.03. The fourth-order valence-corrected chi connectivity index (χ4v) is 2.19. The highest BCUT2D eigenvalue weighted by atomic mass is 32.2. The molecule has 2 rings (SSSR count). The van der Waals surface area contributed by atoms with E-state index in [0.29, 0.717) is 18.8 Å². The van der Waals surface area contributed by atoms with Gasteiger partial charge in [-0.05, 0) is 42.8 Å². The number of hydrogen-bond donors (Lipinski definition) is 3. The SMILES string of the molecule is NS(=O)(=O)c1ccc(CNCCc2ccc(O)cc2)o1. The lowest BCUT2D eigenvalue weighted by atomic mass is 10.1. The van der Waals surface area contributed by atoms with Crippen molar-refractivity contribution in [3.8, 4) is 5.75 Å². The van der Waals surface area contributed by atoms with Crippen molar-refractivity contribution in [2.24, 2.45) is 5.14 Å². The largest absolute Gasteiger partial charge is 0.508 e. The smallest absolute Gasteiger partial charge is 0.271 e. The maximum Gasteiger partial charge on any atom is 0.271 e. The van der Waals surface area contributed by atoms with E-state index in [2.05, 4.69) is 5.32 Å². The van der Waals surface area contributed by atoms with Gasteiger partial charge in [0.2, 0.25) is 5.09 Å². The Bertz CT molecular complexity index is 662. The summed E-state index contributed by atoms with van der Waals surface area (Å²) in [6, 6.07) is 9.89. The van der Waals surface area contributed by atoms with Crippen molar-refractivity contribution in [2.45, 2.75) is 18.1 Å². The zero-order chi connectivity index (χ0) is 14.6. The molecule has 0 unspecified atom stereocenters. The van der Waals surface area contributed by atoms with Crippen LogP contribution in [0.25, 0.3) is 0 Å². The summed E-state index contributed by atoms with van der Waals surface area (Å²) in [7, 11) is -3.78. The quantitative estimate of drug-likeness (QED) is 0.689. The molecule has 0 aliphatic heterocycles. The Labute approximate surface area is 117 Å². The minimum absolute atomic E-state index is 0.229. The van der Waals surface area contributed by atoms with Gasteiger partial charge in [0, 0.05) is 0 Å². The van der Waals surface area contributed by atoms with E-state index < -0.39 is 10.0 Å². The van der Waals surface area contributed by atoms with E-state index >= 15 is 0 Å². The molecule has 0 atom stereocenters. The molecule has 7 heteroatoms. The van der Waals surface area contributed by atoms with Crippen molar-refractivity contribution < 1.29 is 17.9 Å². The van der Waals surface area contributed by atoms with Crippen molar-refractivity contribution in [3.05, 3.63) is 47.7 Å². The van der Waals surface area contributed by atoms with E-state index in [9.17, 15) is 8.42 Å². The summed E-state index contributed by atoms with van der Waals surface area (Å²) in [5, 5.41) is 17.0. The molecule has 2 aromatic rings. The van der Waals surface area contributed by atoms with Crippen LogP contribution in [0.3, 0.4) is 0 Å². The number of aromatic hydroxyl groups is 1. The van der Waals surface area contributed by atoms with Crippen LogP contribution in [0, 0.1) is 0 Å². The lowest BCUT2D eigenvalue weighted by Crippen LogP contribution is -2.16. The van der Waals surface area contributed by atoms with Gasteiger partial charge in [-0.15, -0.1) is 0 Å². The van der Waals surface area contributed by atoms with E-state index in [1.807, 2.05) is 12.1 Å². The average Bonchev–Trinajstić information content (AvgIpc) is 2.85. The Morgan fingerprint density at radius 3 is 2.45 bits per heavy atom. The summed E-state index contributed by atoms with van der Waals surface area (Å²) in [6.07, 6.45) is 0.795. The molecular weight excluding hydrogens is 280 g/mol. The van der Waals surface area contributed by atoms with Gasteiger partial charge in [-0.25, -0.2) is 13.6 Å². The third-order valence-electron chi connectivity index (χ3n) is 2.74. The zero-order valence-electron chi connectivity index (χ0n) is 10.7. The average molecular weight is 296 g/mol. The molecule has 1 aromatic heterocycles. The van der Waals surface area contributed by atoms with Crippen LogP contribution >= 0.6 is 0 Å². The number of phenolic OH excluding ortho intramolecular Hbond substituents is 1. The molecule has 0 aliphatic carbocycles. The van der Waals surface area contributed by atoms with Crippen LogP contribution < -0.4 is 10.5 Å². The highest BCUT2D eigenvalue weighted by Crippen LogP contribution is 2.12. The van der Waals surface area contributed by atoms with Gasteiger partial charge in [-0.2, -0.15) is 0 Å². The van der Waals surface area contributed by atoms with Gasteiger partial charge in [-0.3, -0.25) is 0 Å². The molecule has 0 saturated heterocycles. The van der Waals surface area contributed by atoms with Crippen LogP contribution in [0.15, 0.2) is 45.9 Å². The van der Waals surface area contributed by atoms with Crippen LogP contribution in [0.2, 0.25) is 0 Å². The third kappa shape index (κ3) is 4.09. The molecule has 6 nitrogen and oxygen atoms in total. The summed E-state index contributed by atoms with van der Waals surface area (Å²) in [5.74, 6) is 0.757. The third-order valence-corrected chi connectivity index (χ3v) is 3.52. The molecule has 0 bridgehead atoms. The Morgan fingerprint density at radius 2 is 1.85 bits per heavy atom. The number of nitrogens with two attached hydrogens (primary N) is 1. The van der Waals surface area contributed by atoms with Crippen LogP contribution in [0.4, 0.5) is 0 Å². The fraction of sp³-hybridized carbons (Fsp3) is 0.231. The summed E-state index contributed by atoms with van der Waals surface area (Å²) < 4.78 is 27.2. The molecule has 20 heavy (non-hydrogen) atoms. The molecule has 0 radical (unpaired) electrons. The summed E-state index contributed by atoms with van der Waals surface area (Å²) >= 11 is 0. The summed E-state index contributed by atoms with van der Waals surface area (Å²) in [4.78, 5) is 0. The second kappa shape index (κ2) is 6.08. The number of sulfonamides is 1. The predicted molar refractivity (Wildman–Crippen MR) is 73.6 cm³/mol. The number of benzene rings is 1. The molecule has 0 amide bonds. The van der Waals surface area contributed by atoms with Crippen LogP contribution in [0.5, 0.6) is 5.75 Å². The fourth-order valence-electron chi connectivity index (χ4n) is 1.71. The maximum atomic E-state index is 11.0. The molecular formula is C13H16N2O4S. The van der Waals surface area contributed by atoms with Crippen molar-refractivity contribution in [3.63, 3.8) is 0 Å². The number of furan rings is 1. The van der Waals surface area contributed by atoms with Gasteiger partial charge in [-0.1, -0.05) is 12.1 Å². The zero-order valence-corrected chi connectivity index (χ0v) is 11.6. The van der Waals surface area contributed by atoms with Crippen molar-refractivity contribution >= 4 is 10.0 Å². The Morgan fingerprint density at radius 1 is 1.15 bits per heavy atom. The molecule has 1 aromatic carbocycles. The highest BCUT2D eigenvalue weighted by Gasteiger charge is 2.12. The van der Waals surface area contributed by atoms with Gasteiger partial charge in [0.15, 0.2) is 0 Å². The molecule has 4 N–H and O–H groups in total. The highest BCUT2D eigenvalue weighted by molar-refractivity contribution is 7.89. The van der Waals surface area contributed by atoms with Crippen molar-refractivity contribution in [1.29, 1.82) is 0 Å². The first kappa shape index (κ1) is 14.6. The van der Waals surface area contributed by atoms with Gasteiger partial charge in [0.05, 0.1) is 6.54 Å². The number of rotatable bonds is 6. The number of phenols is 1. The van der Waals surface area contributed by atoms with E-state index in [0.717, 1.165) is 12.0 Å². The molecule has 1 heterocycles. The van der Waals surface area contributed by atoms with Crippen LogP contribution in [-0.2, 0) is 23.0 Å². The molecule has 0 aliphatic rings. The van der Waals surface area contributed by atoms with E-state index in [-0.39, 0.29) is 10.8 Å². The van der Waals surface area contributed by atoms with Crippen molar-refractivity contribution in [2.75, 3.05) is 6.54 Å². The Kier molecular flexibility index (Phi) is 4.43. The first-order valence-electron chi connectivity index (χ1n) is 6.05. The van der Waals surface area contributed by atoms with Crippen molar-refractivity contribution in [1.82, 2.24) is 5.32 Å². The lowest BCUT2D eigenvalue weighted by molar-refractivity contribution is 0.403. The van der Waals surface area contributed by atoms with Gasteiger partial charge in [0.25, 0.3) is 10.0 Å². The molecule has 0 saturated carbocycles. The predicted octanol–water partition coefficient (Wildman–Crippen LogP) is 0.965. The first-order valence-corrected chi connectivity index (χ1v) is 7.60. The number of hydrogen-bond acceptors (Lipinski definition) is 5. The Balaban J connectivity index is 1.79. The molecule has 108 valence electrons. The van der Waals surface area contributed by atoms with E-state index in [1.54, 1.807) is 18.2 Å². The van der Waals surface area contributed by atoms with E-state index in [1.165, 1.54) is 6.07 Å². The maximum absolute atomic E-state index is 11.0. The molecule has 0 fully saturated rings.